The average Bonchev–Trinajstić information content (AvgIpc) is 3.20. The van der Waals surface area contributed by atoms with Crippen LogP contribution in [0.25, 0.3) is 0 Å². The Balaban J connectivity index is 1.57. The van der Waals surface area contributed by atoms with Gasteiger partial charge in [-0.25, -0.2) is 0 Å². The number of nitrogens with one attached hydrogen (secondary N) is 1. The number of rotatable bonds is 6. The molecule has 1 aromatic carbocycles. The summed E-state index contributed by atoms with van der Waals surface area (Å²) >= 11 is 0. The van der Waals surface area contributed by atoms with Crippen LogP contribution >= 0.6 is 0 Å². The van der Waals surface area contributed by atoms with E-state index in [1.54, 1.807) is 0 Å². The van der Waals surface area contributed by atoms with E-state index in [0.717, 1.165) is 12.8 Å². The van der Waals surface area contributed by atoms with Gasteiger partial charge in [0.25, 0.3) is 0 Å². The molecule has 1 saturated heterocycles. The first-order valence-corrected chi connectivity index (χ1v) is 9.17. The van der Waals surface area contributed by atoms with Gasteiger partial charge >= 0.3 is 0 Å². The minimum absolute atomic E-state index is 0.0148. The van der Waals surface area contributed by atoms with Crippen LogP contribution in [-0.2, 0) is 19.8 Å². The van der Waals surface area contributed by atoms with E-state index in [-0.39, 0.29) is 48.9 Å². The van der Waals surface area contributed by atoms with Gasteiger partial charge in [0.2, 0.25) is 17.7 Å². The Morgan fingerprint density at radius 1 is 1.16 bits per heavy atom. The van der Waals surface area contributed by atoms with Crippen molar-refractivity contribution in [3.05, 3.63) is 35.4 Å². The van der Waals surface area contributed by atoms with Gasteiger partial charge in [0.15, 0.2) is 0 Å². The van der Waals surface area contributed by atoms with Crippen molar-refractivity contribution < 1.29 is 14.4 Å². The number of likely N-dealkylation sites (tertiary alicyclic amines) is 1. The normalized spacial score (nSPS) is 19.5. The molecule has 1 N–H and O–H groups in total. The number of amides is 3. The first-order valence-electron chi connectivity index (χ1n) is 9.17. The van der Waals surface area contributed by atoms with Crippen molar-refractivity contribution in [1.82, 2.24) is 10.2 Å². The molecule has 1 aliphatic heterocycles. The van der Waals surface area contributed by atoms with E-state index in [1.165, 1.54) is 28.9 Å². The highest BCUT2D eigenvalue weighted by molar-refractivity contribution is 6.02. The summed E-state index contributed by atoms with van der Waals surface area (Å²) < 4.78 is 0. The summed E-state index contributed by atoms with van der Waals surface area (Å²) in [5, 5.41) is 3.05. The van der Waals surface area contributed by atoms with Crippen molar-refractivity contribution in [2.75, 3.05) is 13.1 Å². The molecule has 3 rings (SSSR count). The van der Waals surface area contributed by atoms with Gasteiger partial charge in [0, 0.05) is 37.8 Å². The zero-order valence-corrected chi connectivity index (χ0v) is 14.8. The third kappa shape index (κ3) is 3.91. The van der Waals surface area contributed by atoms with Crippen molar-refractivity contribution >= 4 is 17.7 Å². The van der Waals surface area contributed by atoms with E-state index in [0.29, 0.717) is 6.54 Å². The second-order valence-corrected chi connectivity index (χ2v) is 7.32. The van der Waals surface area contributed by atoms with Crippen molar-refractivity contribution in [2.24, 2.45) is 0 Å². The number of hydrogen-bond donors (Lipinski definition) is 1. The Morgan fingerprint density at radius 3 is 2.48 bits per heavy atom. The lowest BCUT2D eigenvalue weighted by atomic mass is 9.78. The van der Waals surface area contributed by atoms with Gasteiger partial charge in [-0.3, -0.25) is 19.3 Å². The topological polar surface area (TPSA) is 66.5 Å². The summed E-state index contributed by atoms with van der Waals surface area (Å²) in [7, 11) is 0. The lowest BCUT2D eigenvalue weighted by Gasteiger charge is -2.30. The van der Waals surface area contributed by atoms with Crippen LogP contribution in [-0.4, -0.2) is 35.7 Å². The average molecular weight is 342 g/mol. The Bertz CT molecular complexity index is 661. The molecule has 1 aliphatic carbocycles. The summed E-state index contributed by atoms with van der Waals surface area (Å²) in [6.45, 7) is 2.91. The van der Waals surface area contributed by atoms with Gasteiger partial charge < -0.3 is 5.32 Å². The van der Waals surface area contributed by atoms with Crippen LogP contribution < -0.4 is 5.32 Å². The van der Waals surface area contributed by atoms with Crippen molar-refractivity contribution in [3.8, 4) is 0 Å². The minimum atomic E-state index is -0.162. The van der Waals surface area contributed by atoms with Crippen LogP contribution in [0.1, 0.15) is 56.1 Å². The molecule has 0 unspecified atom stereocenters. The van der Waals surface area contributed by atoms with Crippen LogP contribution in [0.5, 0.6) is 0 Å². The first-order chi connectivity index (χ1) is 12.0. The minimum Gasteiger partial charge on any atom is -0.355 e. The van der Waals surface area contributed by atoms with E-state index >= 15 is 0 Å². The van der Waals surface area contributed by atoms with E-state index < -0.39 is 0 Å². The van der Waals surface area contributed by atoms with Crippen LogP contribution in [0, 0.1) is 6.92 Å². The predicted molar refractivity (Wildman–Crippen MR) is 94.9 cm³/mol. The van der Waals surface area contributed by atoms with Crippen molar-refractivity contribution in [2.45, 2.75) is 57.3 Å². The molecule has 1 heterocycles. The fourth-order valence-electron chi connectivity index (χ4n) is 4.04. The van der Waals surface area contributed by atoms with Gasteiger partial charge in [-0.1, -0.05) is 42.7 Å². The molecule has 0 bridgehead atoms. The molecule has 0 atom stereocenters. The van der Waals surface area contributed by atoms with E-state index in [9.17, 15) is 14.4 Å². The van der Waals surface area contributed by atoms with Gasteiger partial charge in [0.1, 0.15) is 0 Å². The molecule has 1 saturated carbocycles. The van der Waals surface area contributed by atoms with Crippen LogP contribution in [0.3, 0.4) is 0 Å². The molecule has 0 aromatic heterocycles. The van der Waals surface area contributed by atoms with Gasteiger partial charge in [0.05, 0.1) is 0 Å². The summed E-state index contributed by atoms with van der Waals surface area (Å²) in [4.78, 5) is 36.7. The largest absolute Gasteiger partial charge is 0.355 e. The quantitative estimate of drug-likeness (QED) is 0.808. The first kappa shape index (κ1) is 17.6. The van der Waals surface area contributed by atoms with Crippen LogP contribution in [0.4, 0.5) is 0 Å². The third-order valence-electron chi connectivity index (χ3n) is 5.53. The monoisotopic (exact) mass is 342 g/mol. The molecule has 2 aliphatic rings. The standard InChI is InChI=1S/C20H26N2O3/c1-15-5-4-6-16(13-15)20(10-2-3-11-20)14-21-17(23)9-12-22-18(24)7-8-19(22)25/h4-6,13H,2-3,7-12,14H2,1H3,(H,21,23). The Morgan fingerprint density at radius 2 is 1.84 bits per heavy atom. The predicted octanol–water partition coefficient (Wildman–Crippen LogP) is 2.46. The number of carbonyl (C=O) groups is 3. The van der Waals surface area contributed by atoms with Crippen molar-refractivity contribution in [1.29, 1.82) is 0 Å². The molecule has 0 spiro atoms. The Hall–Kier alpha value is -2.17. The van der Waals surface area contributed by atoms with E-state index in [1.807, 2.05) is 0 Å². The molecule has 3 amide bonds. The fraction of sp³-hybridized carbons (Fsp3) is 0.550. The number of aryl methyl sites for hydroxylation is 1. The van der Waals surface area contributed by atoms with Gasteiger partial charge in [-0.2, -0.15) is 0 Å². The number of benzene rings is 1. The molecular weight excluding hydrogens is 316 g/mol. The molecule has 25 heavy (non-hydrogen) atoms. The zero-order valence-electron chi connectivity index (χ0n) is 14.8. The van der Waals surface area contributed by atoms with Crippen LogP contribution in [0.15, 0.2) is 24.3 Å². The summed E-state index contributed by atoms with van der Waals surface area (Å²) in [6, 6.07) is 8.55. The molecule has 2 fully saturated rings. The van der Waals surface area contributed by atoms with E-state index in [2.05, 4.69) is 36.5 Å². The maximum Gasteiger partial charge on any atom is 0.229 e. The Kier molecular flexibility index (Phi) is 5.21. The smallest absolute Gasteiger partial charge is 0.229 e. The highest BCUT2D eigenvalue weighted by Crippen LogP contribution is 2.40. The molecular formula is C20H26N2O3. The lowest BCUT2D eigenvalue weighted by molar-refractivity contribution is -0.138. The molecule has 0 radical (unpaired) electrons. The van der Waals surface area contributed by atoms with Crippen molar-refractivity contribution in [3.63, 3.8) is 0 Å². The SMILES string of the molecule is Cc1cccc(C2(CNC(=O)CCN3C(=O)CCC3=O)CCCC2)c1. The molecule has 5 heteroatoms. The molecule has 5 nitrogen and oxygen atoms in total. The molecule has 134 valence electrons. The second-order valence-electron chi connectivity index (χ2n) is 7.32. The summed E-state index contributed by atoms with van der Waals surface area (Å²) in [5.74, 6) is -0.416. The maximum absolute atomic E-state index is 12.2. The highest BCUT2D eigenvalue weighted by Gasteiger charge is 2.36. The summed E-state index contributed by atoms with van der Waals surface area (Å²) in [5.41, 5.74) is 2.55. The number of imide groups is 1. The number of hydrogen-bond acceptors (Lipinski definition) is 3. The Labute approximate surface area is 148 Å². The zero-order chi connectivity index (χ0) is 17.9. The van der Waals surface area contributed by atoms with Gasteiger partial charge in [-0.15, -0.1) is 0 Å². The van der Waals surface area contributed by atoms with E-state index in [4.69, 9.17) is 0 Å². The summed E-state index contributed by atoms with van der Waals surface area (Å²) in [6.07, 6.45) is 5.26. The van der Waals surface area contributed by atoms with Crippen LogP contribution in [0.2, 0.25) is 0 Å². The van der Waals surface area contributed by atoms with Gasteiger partial charge in [-0.05, 0) is 25.3 Å². The highest BCUT2D eigenvalue weighted by atomic mass is 16.2. The number of carbonyl (C=O) groups excluding carboxylic acids is 3. The molecule has 1 aromatic rings. The number of nitrogens with zero attached hydrogens (tertiary/aromatic N) is 1. The maximum atomic E-state index is 12.2. The third-order valence-corrected chi connectivity index (χ3v) is 5.53. The second kappa shape index (κ2) is 7.38. The fourth-order valence-corrected chi connectivity index (χ4v) is 4.04. The lowest BCUT2D eigenvalue weighted by Crippen LogP contribution is -2.40.